The molecule has 0 radical (unpaired) electrons. The molecule has 78 heavy (non-hydrogen) atoms. The van der Waals surface area contributed by atoms with Crippen molar-refractivity contribution in [1.82, 2.24) is 50.3 Å². The first-order chi connectivity index (χ1) is 37.6. The summed E-state index contributed by atoms with van der Waals surface area (Å²) < 4.78 is 80.0. The number of aryl methyl sites for hydroxylation is 2. The van der Waals surface area contributed by atoms with E-state index < -0.39 is 21.0 Å². The van der Waals surface area contributed by atoms with Crippen molar-refractivity contribution in [2.75, 3.05) is 49.1 Å². The van der Waals surface area contributed by atoms with Gasteiger partial charge in [0, 0.05) is 94.1 Å². The predicted octanol–water partition coefficient (Wildman–Crippen LogP) is 7.77. The Morgan fingerprint density at radius 2 is 1.01 bits per heavy atom. The lowest BCUT2D eigenvalue weighted by Gasteiger charge is -2.26. The van der Waals surface area contributed by atoms with Gasteiger partial charge in [0.25, 0.3) is 0 Å². The number of anilines is 2. The third-order valence-corrected chi connectivity index (χ3v) is 19.2. The van der Waals surface area contributed by atoms with E-state index in [0.717, 1.165) is 72.1 Å². The molecule has 0 bridgehead atoms. The zero-order valence-corrected chi connectivity index (χ0v) is 44.9. The minimum Gasteiger partial charge on any atom is -0.358 e. The number of thiazole rings is 2. The first kappa shape index (κ1) is 50.2. The third kappa shape index (κ3) is 8.46. The van der Waals surface area contributed by atoms with E-state index in [2.05, 4.69) is 49.3 Å². The maximum Gasteiger partial charge on any atom is 0.488 e. The van der Waals surface area contributed by atoms with E-state index in [0.29, 0.717) is 103 Å². The molecule has 6 aromatic heterocycles. The number of fused-ring (bicyclic) bond motifs is 6. The molecule has 10 aromatic rings. The molecule has 0 amide bonds. The molecule has 6 unspecified atom stereocenters. The number of nitrogens with two attached hydrogens (primary N) is 2. The average molecular weight is 1130 g/mol. The molecule has 2 aliphatic carbocycles. The second kappa shape index (κ2) is 18.6. The Labute approximate surface area is 453 Å². The minimum absolute atomic E-state index is 0.0508. The van der Waals surface area contributed by atoms with Crippen molar-refractivity contribution >= 4 is 99.2 Å². The number of nitrogens with one attached hydrogen (secondary N) is 2. The van der Waals surface area contributed by atoms with Gasteiger partial charge in [-0.3, -0.25) is 10.2 Å². The second-order valence-electron chi connectivity index (χ2n) is 20.2. The van der Waals surface area contributed by atoms with Crippen LogP contribution in [0.5, 0.6) is 11.5 Å². The number of aromatic nitrogens is 10. The van der Waals surface area contributed by atoms with Crippen LogP contribution in [0.1, 0.15) is 34.2 Å². The van der Waals surface area contributed by atoms with Gasteiger partial charge in [-0.05, 0) is 85.4 Å². The highest BCUT2D eigenvalue weighted by Crippen LogP contribution is 2.64. The van der Waals surface area contributed by atoms with Gasteiger partial charge >= 0.3 is 21.0 Å². The molecule has 20 nitrogen and oxygen atoms in total. The summed E-state index contributed by atoms with van der Waals surface area (Å²) in [6.07, 6.45) is 5.56. The van der Waals surface area contributed by atoms with Crippen LogP contribution in [0.15, 0.2) is 96.0 Å². The van der Waals surface area contributed by atoms with Crippen LogP contribution in [0.2, 0.25) is 0 Å². The van der Waals surface area contributed by atoms with E-state index in [4.69, 9.17) is 41.4 Å². The van der Waals surface area contributed by atoms with E-state index in [1.165, 1.54) is 12.1 Å². The fourth-order valence-corrected chi connectivity index (χ4v) is 15.5. The third-order valence-electron chi connectivity index (χ3n) is 16.2. The van der Waals surface area contributed by atoms with Crippen molar-refractivity contribution in [3.63, 3.8) is 0 Å². The second-order valence-corrected chi connectivity index (χ2v) is 23.9. The number of nitrogens with zero attached hydrogens (tertiary/aromatic N) is 10. The number of hydrogen-bond acceptors (Lipinski definition) is 20. The van der Waals surface area contributed by atoms with Crippen LogP contribution >= 0.6 is 22.7 Å². The summed E-state index contributed by atoms with van der Waals surface area (Å²) in [4.78, 5) is 33.2. The molecular formula is C52H48F2N14O6S4. The molecule has 4 fully saturated rings. The highest BCUT2D eigenvalue weighted by atomic mass is 32.3. The molecule has 2 saturated carbocycles. The van der Waals surface area contributed by atoms with Gasteiger partial charge in [-0.2, -0.15) is 27.0 Å². The minimum atomic E-state index is -5.17. The van der Waals surface area contributed by atoms with Gasteiger partial charge < -0.3 is 29.6 Å². The lowest BCUT2D eigenvalue weighted by molar-refractivity contribution is 0.440. The molecule has 2 aliphatic heterocycles. The molecular weight excluding hydrogens is 1080 g/mol. The smallest absolute Gasteiger partial charge is 0.358 e. The van der Waals surface area contributed by atoms with E-state index >= 15 is 0 Å². The zero-order valence-electron chi connectivity index (χ0n) is 41.7. The number of halogens is 2. The summed E-state index contributed by atoms with van der Waals surface area (Å²) >= 11 is 3.41. The molecule has 2 saturated heterocycles. The normalized spacial score (nSPS) is 22.8. The molecule has 4 aromatic carbocycles. The fraction of sp³-hybridized carbons (Fsp3) is 0.308. The predicted molar refractivity (Wildman–Crippen MR) is 293 cm³/mol. The lowest BCUT2D eigenvalue weighted by Crippen LogP contribution is -2.32. The fourth-order valence-electron chi connectivity index (χ4n) is 12.5. The summed E-state index contributed by atoms with van der Waals surface area (Å²) in [6, 6.07) is 20.0. The molecule has 4 aliphatic rings. The van der Waals surface area contributed by atoms with Crippen LogP contribution in [-0.2, 0) is 31.8 Å². The molecule has 6 atom stereocenters. The first-order valence-electron chi connectivity index (χ1n) is 25.1. The van der Waals surface area contributed by atoms with Crippen molar-refractivity contribution < 1.29 is 33.0 Å². The Hall–Kier alpha value is -7.36. The monoisotopic (exact) mass is 1130 g/mol. The maximum atomic E-state index is 13.3. The van der Waals surface area contributed by atoms with Gasteiger partial charge in [-0.15, -0.1) is 22.7 Å². The number of benzene rings is 4. The highest BCUT2D eigenvalue weighted by molar-refractivity contribution is 7.82. The number of H-pyrrole nitrogens is 2. The van der Waals surface area contributed by atoms with E-state index in [-0.39, 0.29) is 22.3 Å². The van der Waals surface area contributed by atoms with Crippen molar-refractivity contribution in [2.45, 2.75) is 37.5 Å². The van der Waals surface area contributed by atoms with Gasteiger partial charge in [0.1, 0.15) is 44.1 Å². The van der Waals surface area contributed by atoms with Crippen LogP contribution in [-0.4, -0.2) is 106 Å². The summed E-state index contributed by atoms with van der Waals surface area (Å²) in [5.41, 5.74) is 19.3. The Morgan fingerprint density at radius 1 is 0.603 bits per heavy atom. The zero-order chi connectivity index (χ0) is 53.9. The largest absolute Gasteiger partial charge is 0.488 e. The SMILES string of the molecule is Cc1csc(C2(CN)C3CCN(c4cnc5c(-c6ccc(OS(=O)(=O)F)c7ccccc67)n[nH]c5n4)CC32)n1.Cc1csc(C2(CN)C3CCN(c4cnc5c(-c6ccc(OS(=O)(=O)F)c7ccccc67)n[nH]c5n4)CC32)n1. The molecule has 6 N–H and O–H groups in total. The Bertz CT molecular complexity index is 3980. The summed E-state index contributed by atoms with van der Waals surface area (Å²) in [5, 5.41) is 23.6. The van der Waals surface area contributed by atoms with Crippen LogP contribution in [0.3, 0.4) is 0 Å². The van der Waals surface area contributed by atoms with E-state index in [1.54, 1.807) is 95.7 Å². The van der Waals surface area contributed by atoms with Gasteiger partial charge in [-0.1, -0.05) is 56.3 Å². The van der Waals surface area contributed by atoms with Crippen molar-refractivity contribution in [3.8, 4) is 34.0 Å². The Morgan fingerprint density at radius 3 is 1.38 bits per heavy atom. The molecule has 8 heterocycles. The number of rotatable bonds is 12. The number of aromatic amines is 2. The summed E-state index contributed by atoms with van der Waals surface area (Å²) in [7, 11) is -10.3. The van der Waals surface area contributed by atoms with Gasteiger partial charge in [0.05, 0.1) is 12.4 Å². The van der Waals surface area contributed by atoms with Gasteiger partial charge in [-0.25, -0.2) is 29.9 Å². The molecule has 14 rings (SSSR count). The quantitative estimate of drug-likeness (QED) is 0.0850. The average Bonchev–Trinajstić information content (AvgIpc) is 3.27. The molecule has 0 spiro atoms. The highest BCUT2D eigenvalue weighted by Gasteiger charge is 2.68. The van der Waals surface area contributed by atoms with Crippen molar-refractivity contribution in [1.29, 1.82) is 0 Å². The van der Waals surface area contributed by atoms with Crippen molar-refractivity contribution in [3.05, 3.63) is 117 Å². The molecule has 26 heteroatoms. The number of piperidine rings is 2. The van der Waals surface area contributed by atoms with Crippen LogP contribution in [0.25, 0.3) is 66.4 Å². The van der Waals surface area contributed by atoms with Gasteiger partial charge in [0.2, 0.25) is 0 Å². The van der Waals surface area contributed by atoms with Crippen LogP contribution in [0, 0.1) is 37.5 Å². The van der Waals surface area contributed by atoms with Crippen LogP contribution in [0.4, 0.5) is 19.4 Å². The molecule has 400 valence electrons. The van der Waals surface area contributed by atoms with Crippen LogP contribution < -0.4 is 29.6 Å². The Kier molecular flexibility index (Phi) is 12.0. The van der Waals surface area contributed by atoms with E-state index in [9.17, 15) is 24.6 Å². The summed E-state index contributed by atoms with van der Waals surface area (Å²) in [5.74, 6) is 3.26. The topological polar surface area (TPSA) is 280 Å². The Balaban J connectivity index is 0.000000148. The lowest BCUT2D eigenvalue weighted by atomic mass is 10.0. The van der Waals surface area contributed by atoms with E-state index in [1.807, 2.05) is 13.8 Å². The van der Waals surface area contributed by atoms with Crippen molar-refractivity contribution in [2.24, 2.45) is 35.1 Å². The summed E-state index contributed by atoms with van der Waals surface area (Å²) in [6.45, 7) is 8.61. The number of hydrogen-bond donors (Lipinski definition) is 4. The first-order valence-corrected chi connectivity index (χ1v) is 29.4. The maximum absolute atomic E-state index is 13.3. The standard InChI is InChI=1S/2C26H24FN7O3S2/c2*1-14-12-38-25(30-14)26(13-28)18-8-9-34(11-19(18)26)21-10-29-23-22(32-33-24(23)31-21)17-6-7-20(37-39(27,35)36)16-5-3-2-4-15(16)17/h2*2-7,10,12,18-19H,8-9,11,13,28H2,1H3,(H,31,32,33). The van der Waals surface area contributed by atoms with Gasteiger partial charge in [0.15, 0.2) is 22.8 Å².